The van der Waals surface area contributed by atoms with Crippen LogP contribution in [0.15, 0.2) is 60.8 Å². The average Bonchev–Trinajstić information content (AvgIpc) is 3.17. The molecule has 5 heteroatoms. The van der Waals surface area contributed by atoms with Gasteiger partial charge in [-0.2, -0.15) is 0 Å². The van der Waals surface area contributed by atoms with Crippen LogP contribution in [0.1, 0.15) is 24.2 Å². The number of anilines is 1. The quantitative estimate of drug-likeness (QED) is 0.668. The summed E-state index contributed by atoms with van der Waals surface area (Å²) >= 11 is 0. The number of aromatic nitrogens is 2. The highest BCUT2D eigenvalue weighted by atomic mass is 16.5. The van der Waals surface area contributed by atoms with Gasteiger partial charge in [-0.1, -0.05) is 30.3 Å². The Morgan fingerprint density at radius 1 is 1.14 bits per heavy atom. The number of amides is 1. The Balaban J connectivity index is 1.51. The number of hydrogen-bond donors (Lipinski definition) is 1. The molecule has 5 nitrogen and oxygen atoms in total. The summed E-state index contributed by atoms with van der Waals surface area (Å²) in [6.07, 6.45) is 8.80. The second-order valence-electron chi connectivity index (χ2n) is 6.83. The molecule has 1 aromatic heterocycles. The first-order valence-electron chi connectivity index (χ1n) is 9.51. The Morgan fingerprint density at radius 2 is 1.96 bits per heavy atom. The van der Waals surface area contributed by atoms with Crippen LogP contribution >= 0.6 is 0 Å². The van der Waals surface area contributed by atoms with E-state index in [0.717, 1.165) is 47.0 Å². The van der Waals surface area contributed by atoms with Crippen LogP contribution in [0.2, 0.25) is 0 Å². The van der Waals surface area contributed by atoms with Crippen LogP contribution in [-0.2, 0) is 17.8 Å². The highest BCUT2D eigenvalue weighted by Crippen LogP contribution is 2.29. The number of rotatable bonds is 5. The fourth-order valence-corrected chi connectivity index (χ4v) is 3.42. The molecule has 28 heavy (non-hydrogen) atoms. The van der Waals surface area contributed by atoms with Gasteiger partial charge in [-0.15, -0.1) is 0 Å². The van der Waals surface area contributed by atoms with Crippen molar-refractivity contribution in [2.24, 2.45) is 0 Å². The summed E-state index contributed by atoms with van der Waals surface area (Å²) in [6.45, 7) is 1.02. The molecule has 1 amide bonds. The Labute approximate surface area is 164 Å². The summed E-state index contributed by atoms with van der Waals surface area (Å²) in [5, 5.41) is 2.98. The van der Waals surface area contributed by atoms with Crippen LogP contribution < -0.4 is 10.1 Å². The highest BCUT2D eigenvalue weighted by Gasteiger charge is 2.15. The van der Waals surface area contributed by atoms with E-state index >= 15 is 0 Å². The maximum atomic E-state index is 12.4. The molecular formula is C23H23N3O2. The van der Waals surface area contributed by atoms with Crippen LogP contribution in [0.5, 0.6) is 5.75 Å². The molecule has 1 N–H and O–H groups in total. The molecule has 0 atom stereocenters. The first-order valence-corrected chi connectivity index (χ1v) is 9.51. The summed E-state index contributed by atoms with van der Waals surface area (Å²) in [7, 11) is 1.63. The number of imidazole rings is 1. The van der Waals surface area contributed by atoms with Crippen LogP contribution in [0.4, 0.5) is 5.69 Å². The molecule has 0 unspecified atom stereocenters. The van der Waals surface area contributed by atoms with Crippen LogP contribution in [0.25, 0.3) is 17.3 Å². The number of para-hydroxylation sites is 1. The number of carbonyl (C=O) groups is 1. The van der Waals surface area contributed by atoms with Crippen molar-refractivity contribution in [1.29, 1.82) is 0 Å². The highest BCUT2D eigenvalue weighted by molar-refractivity contribution is 6.04. The normalized spacial score (nSPS) is 13.3. The van der Waals surface area contributed by atoms with Gasteiger partial charge in [0.05, 0.1) is 18.5 Å². The molecule has 0 radical (unpaired) electrons. The molecule has 0 spiro atoms. The van der Waals surface area contributed by atoms with Gasteiger partial charge in [-0.3, -0.25) is 4.79 Å². The van der Waals surface area contributed by atoms with Crippen molar-refractivity contribution in [1.82, 2.24) is 9.55 Å². The predicted molar refractivity (Wildman–Crippen MR) is 111 cm³/mol. The third-order valence-electron chi connectivity index (χ3n) is 4.91. The number of ether oxygens (including phenoxy) is 1. The third kappa shape index (κ3) is 3.98. The van der Waals surface area contributed by atoms with E-state index in [1.165, 1.54) is 18.9 Å². The molecule has 0 bridgehead atoms. The second-order valence-corrected chi connectivity index (χ2v) is 6.83. The van der Waals surface area contributed by atoms with Crippen LogP contribution in [-0.4, -0.2) is 22.6 Å². The van der Waals surface area contributed by atoms with E-state index in [-0.39, 0.29) is 5.91 Å². The molecule has 0 fully saturated rings. The van der Waals surface area contributed by atoms with E-state index in [0.29, 0.717) is 0 Å². The first-order chi connectivity index (χ1) is 13.7. The molecule has 2 aromatic carbocycles. The Kier molecular flexibility index (Phi) is 5.24. The minimum absolute atomic E-state index is 0.174. The zero-order chi connectivity index (χ0) is 19.3. The summed E-state index contributed by atoms with van der Waals surface area (Å²) in [6, 6.07) is 15.3. The lowest BCUT2D eigenvalue weighted by Gasteiger charge is -2.11. The van der Waals surface area contributed by atoms with Crippen molar-refractivity contribution in [2.75, 3.05) is 12.4 Å². The number of carbonyl (C=O) groups excluding carboxylic acids is 1. The average molecular weight is 373 g/mol. The maximum Gasteiger partial charge on any atom is 0.248 e. The smallest absolute Gasteiger partial charge is 0.248 e. The van der Waals surface area contributed by atoms with E-state index < -0.39 is 0 Å². The van der Waals surface area contributed by atoms with Gasteiger partial charge in [0, 0.05) is 30.8 Å². The summed E-state index contributed by atoms with van der Waals surface area (Å²) in [4.78, 5) is 17.2. The fourth-order valence-electron chi connectivity index (χ4n) is 3.42. The number of fused-ring (bicyclic) bond motifs is 1. The summed E-state index contributed by atoms with van der Waals surface area (Å²) < 4.78 is 7.37. The van der Waals surface area contributed by atoms with Crippen molar-refractivity contribution in [3.8, 4) is 17.0 Å². The van der Waals surface area contributed by atoms with Crippen molar-refractivity contribution in [2.45, 2.75) is 25.8 Å². The molecule has 2 heterocycles. The molecular weight excluding hydrogens is 350 g/mol. The third-order valence-corrected chi connectivity index (χ3v) is 4.91. The largest absolute Gasteiger partial charge is 0.497 e. The van der Waals surface area contributed by atoms with Gasteiger partial charge < -0.3 is 14.6 Å². The van der Waals surface area contributed by atoms with Crippen LogP contribution in [0, 0.1) is 0 Å². The Morgan fingerprint density at radius 3 is 2.75 bits per heavy atom. The number of nitrogens with zero attached hydrogens (tertiary/aromatic N) is 2. The molecule has 0 saturated heterocycles. The molecule has 3 aromatic rings. The second kappa shape index (κ2) is 8.13. The SMILES string of the molecule is COc1ccc(/C=C/C(=O)Nc2ccccc2-c2cn3c(n2)CCCC3)cc1. The lowest BCUT2D eigenvalue weighted by Crippen LogP contribution is -2.09. The minimum Gasteiger partial charge on any atom is -0.497 e. The lowest BCUT2D eigenvalue weighted by atomic mass is 10.1. The molecule has 0 saturated carbocycles. The maximum absolute atomic E-state index is 12.4. The first kappa shape index (κ1) is 18.0. The minimum atomic E-state index is -0.174. The van der Waals surface area contributed by atoms with Crippen molar-refractivity contribution in [3.63, 3.8) is 0 Å². The predicted octanol–water partition coefficient (Wildman–Crippen LogP) is 4.55. The zero-order valence-electron chi connectivity index (χ0n) is 15.9. The molecule has 1 aliphatic heterocycles. The van der Waals surface area contributed by atoms with E-state index in [9.17, 15) is 4.79 Å². The summed E-state index contributed by atoms with van der Waals surface area (Å²) in [5.74, 6) is 1.74. The molecule has 4 rings (SSSR count). The van der Waals surface area contributed by atoms with E-state index in [1.54, 1.807) is 13.2 Å². The lowest BCUT2D eigenvalue weighted by molar-refractivity contribution is -0.111. The fraction of sp³-hybridized carbons (Fsp3) is 0.217. The Bertz CT molecular complexity index is 979. The van der Waals surface area contributed by atoms with Gasteiger partial charge in [0.15, 0.2) is 0 Å². The number of nitrogens with one attached hydrogen (secondary N) is 1. The van der Waals surface area contributed by atoms with Crippen molar-refractivity contribution >= 4 is 17.7 Å². The number of aryl methyl sites for hydroxylation is 2. The van der Waals surface area contributed by atoms with Gasteiger partial charge in [-0.25, -0.2) is 4.98 Å². The number of hydrogen-bond acceptors (Lipinski definition) is 3. The molecule has 1 aliphatic rings. The van der Waals surface area contributed by atoms with Gasteiger partial charge in [-0.05, 0) is 42.7 Å². The number of methoxy groups -OCH3 is 1. The van der Waals surface area contributed by atoms with E-state index in [1.807, 2.05) is 48.5 Å². The Hall–Kier alpha value is -3.34. The van der Waals surface area contributed by atoms with Crippen molar-refractivity contribution in [3.05, 3.63) is 72.2 Å². The zero-order valence-corrected chi connectivity index (χ0v) is 15.9. The number of benzene rings is 2. The monoisotopic (exact) mass is 373 g/mol. The van der Waals surface area contributed by atoms with Gasteiger partial charge in [0.25, 0.3) is 0 Å². The standard InChI is InChI=1S/C23H23N3O2/c1-28-18-12-9-17(10-13-18)11-14-23(27)25-20-7-3-2-6-19(20)21-16-26-15-5-4-8-22(26)24-21/h2-3,6-7,9-14,16H,4-5,8,15H2,1H3,(H,25,27)/b14-11+. The summed E-state index contributed by atoms with van der Waals surface area (Å²) in [5.41, 5.74) is 3.55. The van der Waals surface area contributed by atoms with E-state index in [2.05, 4.69) is 16.1 Å². The van der Waals surface area contributed by atoms with Gasteiger partial charge >= 0.3 is 0 Å². The van der Waals surface area contributed by atoms with E-state index in [4.69, 9.17) is 9.72 Å². The topological polar surface area (TPSA) is 56.1 Å². The molecule has 142 valence electrons. The van der Waals surface area contributed by atoms with Gasteiger partial charge in [0.1, 0.15) is 11.6 Å². The van der Waals surface area contributed by atoms with Gasteiger partial charge in [0.2, 0.25) is 5.91 Å². The van der Waals surface area contributed by atoms with Crippen molar-refractivity contribution < 1.29 is 9.53 Å². The van der Waals surface area contributed by atoms with Crippen LogP contribution in [0.3, 0.4) is 0 Å². The molecule has 0 aliphatic carbocycles.